The van der Waals surface area contributed by atoms with Crippen LogP contribution >= 0.6 is 11.8 Å². The summed E-state index contributed by atoms with van der Waals surface area (Å²) in [6.07, 6.45) is 1.75. The molecule has 1 heterocycles. The summed E-state index contributed by atoms with van der Waals surface area (Å²) in [5.41, 5.74) is 0. The van der Waals surface area contributed by atoms with Crippen molar-refractivity contribution in [1.82, 2.24) is 5.16 Å². The summed E-state index contributed by atoms with van der Waals surface area (Å²) in [4.78, 5) is 10.2. The van der Waals surface area contributed by atoms with Gasteiger partial charge in [0.05, 0.1) is 0 Å². The van der Waals surface area contributed by atoms with Crippen LogP contribution in [0, 0.1) is 0 Å². The van der Waals surface area contributed by atoms with Crippen molar-refractivity contribution >= 4 is 17.7 Å². The Morgan fingerprint density at radius 1 is 1.91 bits per heavy atom. The summed E-state index contributed by atoms with van der Waals surface area (Å²) >= 11 is 1.42. The molecule has 1 aromatic rings. The third-order valence-corrected chi connectivity index (χ3v) is 1.68. The minimum atomic E-state index is -0.909. The van der Waals surface area contributed by atoms with Crippen LogP contribution in [-0.2, 0) is 11.2 Å². The van der Waals surface area contributed by atoms with Crippen molar-refractivity contribution in [2.45, 2.75) is 11.4 Å². The molecule has 1 aromatic heterocycles. The molecule has 1 rings (SSSR count). The van der Waals surface area contributed by atoms with Gasteiger partial charge >= 0.3 is 5.97 Å². The van der Waals surface area contributed by atoms with Gasteiger partial charge in [0.2, 0.25) is 0 Å². The fourth-order valence-electron chi connectivity index (χ4n) is 0.623. The molecule has 4 nitrogen and oxygen atoms in total. The smallest absolute Gasteiger partial charge is 0.311 e. The molecule has 0 spiro atoms. The molecule has 0 aliphatic rings. The van der Waals surface area contributed by atoms with E-state index in [4.69, 9.17) is 9.63 Å². The molecule has 0 unspecified atom stereocenters. The number of hydrogen-bond donors (Lipinski definition) is 1. The number of thioether (sulfide) groups is 1. The second kappa shape index (κ2) is 3.43. The normalized spacial score (nSPS) is 9.91. The van der Waals surface area contributed by atoms with Gasteiger partial charge in [-0.25, -0.2) is 0 Å². The van der Waals surface area contributed by atoms with Crippen molar-refractivity contribution in [3.8, 4) is 0 Å². The van der Waals surface area contributed by atoms with Gasteiger partial charge in [-0.05, 0) is 6.26 Å². The van der Waals surface area contributed by atoms with Crippen LogP contribution in [0.1, 0.15) is 5.76 Å². The third kappa shape index (κ3) is 2.27. The first-order chi connectivity index (χ1) is 5.22. The van der Waals surface area contributed by atoms with Gasteiger partial charge in [-0.2, -0.15) is 0 Å². The van der Waals surface area contributed by atoms with E-state index < -0.39 is 5.97 Å². The van der Waals surface area contributed by atoms with Crippen molar-refractivity contribution in [2.24, 2.45) is 0 Å². The molecule has 0 atom stereocenters. The Bertz CT molecular complexity index is 258. The Labute approximate surface area is 67.6 Å². The number of aromatic nitrogens is 1. The van der Waals surface area contributed by atoms with Gasteiger partial charge in [0.1, 0.15) is 17.2 Å². The highest BCUT2D eigenvalue weighted by atomic mass is 32.2. The zero-order chi connectivity index (χ0) is 8.27. The summed E-state index contributed by atoms with van der Waals surface area (Å²) in [7, 11) is 0. The van der Waals surface area contributed by atoms with Gasteiger partial charge in [0.25, 0.3) is 0 Å². The standard InChI is InChI=1S/C6H7NO3S/c1-11-5-2-4(10-7-5)3-6(8)9/h2H,3H2,1H3,(H,8,9). The monoisotopic (exact) mass is 173 g/mol. The fraction of sp³-hybridized carbons (Fsp3) is 0.333. The van der Waals surface area contributed by atoms with E-state index in [1.54, 1.807) is 6.07 Å². The van der Waals surface area contributed by atoms with Crippen LogP contribution in [0.3, 0.4) is 0 Å². The summed E-state index contributed by atoms with van der Waals surface area (Å²) < 4.78 is 4.71. The molecule has 11 heavy (non-hydrogen) atoms. The summed E-state index contributed by atoms with van der Waals surface area (Å²) in [5.74, 6) is -0.518. The predicted octanol–water partition coefficient (Wildman–Crippen LogP) is 1.02. The van der Waals surface area contributed by atoms with Crippen molar-refractivity contribution in [2.75, 3.05) is 6.26 Å². The molecule has 0 saturated heterocycles. The van der Waals surface area contributed by atoms with Crippen LogP contribution in [0.15, 0.2) is 15.6 Å². The predicted molar refractivity (Wildman–Crippen MR) is 39.6 cm³/mol. The quantitative estimate of drug-likeness (QED) is 0.691. The zero-order valence-corrected chi connectivity index (χ0v) is 6.72. The van der Waals surface area contributed by atoms with E-state index in [-0.39, 0.29) is 6.42 Å². The Kier molecular flexibility index (Phi) is 2.53. The van der Waals surface area contributed by atoms with Gasteiger partial charge in [-0.1, -0.05) is 5.16 Å². The molecule has 1 N–H and O–H groups in total. The average molecular weight is 173 g/mol. The Morgan fingerprint density at radius 2 is 2.64 bits per heavy atom. The minimum absolute atomic E-state index is 0.104. The number of nitrogens with zero attached hydrogens (tertiary/aromatic N) is 1. The lowest BCUT2D eigenvalue weighted by atomic mass is 10.3. The van der Waals surface area contributed by atoms with Crippen molar-refractivity contribution in [3.63, 3.8) is 0 Å². The molecule has 0 saturated carbocycles. The van der Waals surface area contributed by atoms with E-state index in [1.807, 2.05) is 6.26 Å². The zero-order valence-electron chi connectivity index (χ0n) is 5.90. The minimum Gasteiger partial charge on any atom is -0.481 e. The molecular weight excluding hydrogens is 166 g/mol. The average Bonchev–Trinajstić information content (AvgIpc) is 2.34. The number of rotatable bonds is 3. The van der Waals surface area contributed by atoms with E-state index >= 15 is 0 Å². The lowest BCUT2D eigenvalue weighted by molar-refractivity contribution is -0.136. The molecule has 0 aliphatic carbocycles. The second-order valence-corrected chi connectivity index (χ2v) is 2.73. The number of hydrogen-bond acceptors (Lipinski definition) is 4. The van der Waals surface area contributed by atoms with Gasteiger partial charge in [0.15, 0.2) is 0 Å². The van der Waals surface area contributed by atoms with Crippen LogP contribution < -0.4 is 0 Å². The van der Waals surface area contributed by atoms with E-state index in [0.29, 0.717) is 10.8 Å². The Morgan fingerprint density at radius 3 is 3.09 bits per heavy atom. The third-order valence-electron chi connectivity index (χ3n) is 1.07. The summed E-state index contributed by atoms with van der Waals surface area (Å²) in [6.45, 7) is 0. The molecular formula is C6H7NO3S. The van der Waals surface area contributed by atoms with Crippen molar-refractivity contribution in [1.29, 1.82) is 0 Å². The maximum Gasteiger partial charge on any atom is 0.311 e. The molecule has 0 aliphatic heterocycles. The molecule has 0 radical (unpaired) electrons. The lowest BCUT2D eigenvalue weighted by Crippen LogP contribution is -1.97. The maximum absolute atomic E-state index is 10.2. The van der Waals surface area contributed by atoms with E-state index in [2.05, 4.69) is 5.16 Å². The number of carboxylic acid groups (broad SMARTS) is 1. The molecule has 0 fully saturated rings. The largest absolute Gasteiger partial charge is 0.481 e. The van der Waals surface area contributed by atoms with Crippen LogP contribution in [0.25, 0.3) is 0 Å². The Hall–Kier alpha value is -0.970. The number of aliphatic carboxylic acids is 1. The molecule has 0 bridgehead atoms. The van der Waals surface area contributed by atoms with Gasteiger partial charge in [-0.3, -0.25) is 4.79 Å². The van der Waals surface area contributed by atoms with E-state index in [9.17, 15) is 4.79 Å². The second-order valence-electron chi connectivity index (χ2n) is 1.91. The molecule has 0 amide bonds. The van der Waals surface area contributed by atoms with Gasteiger partial charge < -0.3 is 9.63 Å². The maximum atomic E-state index is 10.2. The molecule has 0 aromatic carbocycles. The first kappa shape index (κ1) is 8.13. The summed E-state index contributed by atoms with van der Waals surface area (Å²) in [5, 5.41) is 12.7. The van der Waals surface area contributed by atoms with Crippen LogP contribution in [0.5, 0.6) is 0 Å². The Balaban J connectivity index is 2.65. The SMILES string of the molecule is CSc1cc(CC(=O)O)on1. The molecule has 5 heteroatoms. The first-order valence-electron chi connectivity index (χ1n) is 2.93. The van der Waals surface area contributed by atoms with Crippen LogP contribution in [0.4, 0.5) is 0 Å². The number of carbonyl (C=O) groups is 1. The van der Waals surface area contributed by atoms with Crippen molar-refractivity contribution < 1.29 is 14.4 Å². The van der Waals surface area contributed by atoms with Crippen LogP contribution in [0.2, 0.25) is 0 Å². The highest BCUT2D eigenvalue weighted by Crippen LogP contribution is 2.14. The van der Waals surface area contributed by atoms with Crippen LogP contribution in [-0.4, -0.2) is 22.5 Å². The van der Waals surface area contributed by atoms with Gasteiger partial charge in [0, 0.05) is 6.07 Å². The number of carboxylic acids is 1. The van der Waals surface area contributed by atoms with Crippen molar-refractivity contribution in [3.05, 3.63) is 11.8 Å². The van der Waals surface area contributed by atoms with E-state index in [0.717, 1.165) is 0 Å². The fourth-order valence-corrected chi connectivity index (χ4v) is 0.984. The van der Waals surface area contributed by atoms with E-state index in [1.165, 1.54) is 11.8 Å². The molecule has 60 valence electrons. The highest BCUT2D eigenvalue weighted by molar-refractivity contribution is 7.98. The highest BCUT2D eigenvalue weighted by Gasteiger charge is 2.06. The topological polar surface area (TPSA) is 63.3 Å². The first-order valence-corrected chi connectivity index (χ1v) is 4.16. The van der Waals surface area contributed by atoms with Gasteiger partial charge in [-0.15, -0.1) is 11.8 Å². The summed E-state index contributed by atoms with van der Waals surface area (Å²) in [6, 6.07) is 1.62. The lowest BCUT2D eigenvalue weighted by Gasteiger charge is -1.83.